The molecule has 3 aromatic rings. The zero-order valence-electron chi connectivity index (χ0n) is 22.0. The first-order valence-electron chi connectivity index (χ1n) is 13.0. The minimum Gasteiger partial charge on any atom is -0.365 e. The summed E-state index contributed by atoms with van der Waals surface area (Å²) in [5.41, 5.74) is 5.58. The number of primary amides is 1. The smallest absolute Gasteiger partial charge is 0.331 e. The van der Waals surface area contributed by atoms with Crippen LogP contribution in [0, 0.1) is 17.2 Å². The van der Waals surface area contributed by atoms with Gasteiger partial charge in [0.15, 0.2) is 11.8 Å². The fourth-order valence-electron chi connectivity index (χ4n) is 4.91. The molecule has 0 spiro atoms. The lowest BCUT2D eigenvalue weighted by Gasteiger charge is -2.34. The van der Waals surface area contributed by atoms with Crippen LogP contribution >= 0.6 is 11.6 Å². The molecule has 1 atom stereocenters. The average molecular weight is 566 g/mol. The van der Waals surface area contributed by atoms with Gasteiger partial charge in [0.2, 0.25) is 0 Å². The standard InChI is InChI=1S/C27H28ClN7O5/c1-15(2)34-22-6-5-17(9-19(22)24(36)33(27(34)39)13-16-3-4-16)35(18-10-20(28)21(11-29)31-12-18)25(37)23-14-32(26(30)38)7-8-40-23/h5-6,9-10,12,15-16,23H,3-4,7-8,13-14H2,1-2H3,(H2,30,38). The summed E-state index contributed by atoms with van der Waals surface area (Å²) >= 11 is 6.27. The fourth-order valence-corrected chi connectivity index (χ4v) is 5.11. The van der Waals surface area contributed by atoms with Crippen molar-refractivity contribution >= 4 is 45.8 Å². The Kier molecular flexibility index (Phi) is 7.35. The Morgan fingerprint density at radius 2 is 2.00 bits per heavy atom. The van der Waals surface area contributed by atoms with Crippen LogP contribution in [0.5, 0.6) is 0 Å². The third-order valence-electron chi connectivity index (χ3n) is 7.13. The number of nitrogens with two attached hydrogens (primary N) is 1. The number of pyridine rings is 1. The summed E-state index contributed by atoms with van der Waals surface area (Å²) in [7, 11) is 0. The first kappa shape index (κ1) is 27.4. The van der Waals surface area contributed by atoms with Gasteiger partial charge in [-0.15, -0.1) is 0 Å². The molecule has 0 radical (unpaired) electrons. The number of benzene rings is 1. The molecule has 208 valence electrons. The van der Waals surface area contributed by atoms with Crippen LogP contribution in [-0.2, 0) is 16.1 Å². The maximum Gasteiger partial charge on any atom is 0.331 e. The Bertz CT molecular complexity index is 1670. The summed E-state index contributed by atoms with van der Waals surface area (Å²) in [5, 5.41) is 9.58. The van der Waals surface area contributed by atoms with Gasteiger partial charge in [-0.3, -0.25) is 23.6 Å². The van der Waals surface area contributed by atoms with Gasteiger partial charge in [-0.05, 0) is 56.9 Å². The van der Waals surface area contributed by atoms with E-state index in [0.717, 1.165) is 12.8 Å². The van der Waals surface area contributed by atoms with Gasteiger partial charge in [0.1, 0.15) is 6.07 Å². The van der Waals surface area contributed by atoms with Gasteiger partial charge in [-0.2, -0.15) is 5.26 Å². The Hall–Kier alpha value is -4.21. The van der Waals surface area contributed by atoms with Crippen LogP contribution in [0.25, 0.3) is 10.9 Å². The van der Waals surface area contributed by atoms with Crippen LogP contribution in [0.2, 0.25) is 5.02 Å². The molecule has 0 bridgehead atoms. The summed E-state index contributed by atoms with van der Waals surface area (Å²) in [6, 6.07) is 7.21. The Balaban J connectivity index is 1.68. The van der Waals surface area contributed by atoms with Crippen LogP contribution in [0.4, 0.5) is 16.2 Å². The molecule has 2 N–H and O–H groups in total. The zero-order valence-corrected chi connectivity index (χ0v) is 22.8. The Morgan fingerprint density at radius 3 is 2.62 bits per heavy atom. The van der Waals surface area contributed by atoms with Crippen LogP contribution in [0.3, 0.4) is 0 Å². The lowest BCUT2D eigenvalue weighted by molar-refractivity contribution is -0.133. The second-order valence-electron chi connectivity index (χ2n) is 10.3. The lowest BCUT2D eigenvalue weighted by Crippen LogP contribution is -2.53. The molecule has 40 heavy (non-hydrogen) atoms. The predicted molar refractivity (Wildman–Crippen MR) is 148 cm³/mol. The third-order valence-corrected chi connectivity index (χ3v) is 7.42. The van der Waals surface area contributed by atoms with E-state index in [1.807, 2.05) is 19.9 Å². The predicted octanol–water partition coefficient (Wildman–Crippen LogP) is 2.52. The van der Waals surface area contributed by atoms with Crippen molar-refractivity contribution in [3.05, 3.63) is 62.0 Å². The van der Waals surface area contributed by atoms with Crippen molar-refractivity contribution in [1.29, 1.82) is 5.26 Å². The Labute approximate surface area is 234 Å². The number of hydrogen-bond donors (Lipinski definition) is 1. The van der Waals surface area contributed by atoms with E-state index in [0.29, 0.717) is 17.7 Å². The number of aromatic nitrogens is 3. The maximum absolute atomic E-state index is 14.0. The van der Waals surface area contributed by atoms with E-state index in [4.69, 9.17) is 22.1 Å². The van der Waals surface area contributed by atoms with Gasteiger partial charge in [0.05, 0.1) is 41.0 Å². The highest BCUT2D eigenvalue weighted by molar-refractivity contribution is 6.32. The number of carbonyl (C=O) groups is 2. The molecule has 1 unspecified atom stereocenters. The number of anilines is 2. The molecule has 2 aromatic heterocycles. The lowest BCUT2D eigenvalue weighted by atomic mass is 10.1. The maximum atomic E-state index is 14.0. The molecule has 13 heteroatoms. The fraction of sp³-hybridized carbons (Fsp3) is 0.407. The van der Waals surface area contributed by atoms with Crippen molar-refractivity contribution in [2.45, 2.75) is 45.4 Å². The first-order chi connectivity index (χ1) is 19.1. The van der Waals surface area contributed by atoms with E-state index in [1.165, 1.54) is 26.6 Å². The molecule has 1 saturated carbocycles. The molecule has 3 heterocycles. The van der Waals surface area contributed by atoms with Gasteiger partial charge < -0.3 is 15.4 Å². The quantitative estimate of drug-likeness (QED) is 0.481. The number of carbonyl (C=O) groups excluding carboxylic acids is 2. The highest BCUT2D eigenvalue weighted by Crippen LogP contribution is 2.33. The number of hydrogen-bond acceptors (Lipinski definition) is 7. The molecule has 1 aliphatic heterocycles. The van der Waals surface area contributed by atoms with Gasteiger partial charge in [0.25, 0.3) is 11.5 Å². The molecule has 12 nitrogen and oxygen atoms in total. The molecular weight excluding hydrogens is 538 g/mol. The van der Waals surface area contributed by atoms with Gasteiger partial charge in [-0.1, -0.05) is 11.6 Å². The summed E-state index contributed by atoms with van der Waals surface area (Å²) < 4.78 is 8.55. The number of ether oxygens (including phenoxy) is 1. The normalized spacial score (nSPS) is 17.2. The molecule has 3 amide bonds. The number of amides is 3. The van der Waals surface area contributed by atoms with Crippen molar-refractivity contribution in [1.82, 2.24) is 19.0 Å². The number of urea groups is 1. The number of halogens is 1. The van der Waals surface area contributed by atoms with E-state index in [1.54, 1.807) is 22.8 Å². The van der Waals surface area contributed by atoms with Gasteiger partial charge >= 0.3 is 11.7 Å². The van der Waals surface area contributed by atoms with Crippen molar-refractivity contribution in [3.63, 3.8) is 0 Å². The minimum absolute atomic E-state index is 0.0194. The Morgan fingerprint density at radius 1 is 1.25 bits per heavy atom. The first-order valence-corrected chi connectivity index (χ1v) is 13.3. The number of rotatable bonds is 6. The summed E-state index contributed by atoms with van der Waals surface area (Å²) in [6.45, 7) is 4.34. The summed E-state index contributed by atoms with van der Waals surface area (Å²) in [4.78, 5) is 59.3. The van der Waals surface area contributed by atoms with Crippen LogP contribution in [0.1, 0.15) is 38.4 Å². The molecule has 2 aliphatic rings. The number of fused-ring (bicyclic) bond motifs is 1. The number of nitriles is 1. The summed E-state index contributed by atoms with van der Waals surface area (Å²) in [6.07, 6.45) is 2.18. The highest BCUT2D eigenvalue weighted by atomic mass is 35.5. The zero-order chi connectivity index (χ0) is 28.7. The van der Waals surface area contributed by atoms with Crippen molar-refractivity contribution < 1.29 is 14.3 Å². The largest absolute Gasteiger partial charge is 0.365 e. The topological polar surface area (TPSA) is 157 Å². The second kappa shape index (κ2) is 10.7. The van der Waals surface area contributed by atoms with Crippen LogP contribution in [0.15, 0.2) is 40.1 Å². The monoisotopic (exact) mass is 565 g/mol. The summed E-state index contributed by atoms with van der Waals surface area (Å²) in [5.74, 6) is -0.267. The molecule has 1 aromatic carbocycles. The number of morpholine rings is 1. The van der Waals surface area contributed by atoms with E-state index in [9.17, 15) is 24.4 Å². The second-order valence-corrected chi connectivity index (χ2v) is 10.7. The molecule has 1 saturated heterocycles. The van der Waals surface area contributed by atoms with Gasteiger partial charge in [0, 0.05) is 24.8 Å². The van der Waals surface area contributed by atoms with Crippen molar-refractivity contribution in [3.8, 4) is 6.07 Å². The van der Waals surface area contributed by atoms with E-state index >= 15 is 0 Å². The SMILES string of the molecule is CC(C)n1c(=O)n(CC2CC2)c(=O)c2cc(N(C(=O)C3CN(C(N)=O)CCO3)c3cnc(C#N)c(Cl)c3)ccc21. The van der Waals surface area contributed by atoms with Crippen molar-refractivity contribution in [2.24, 2.45) is 11.7 Å². The molecule has 5 rings (SSSR count). The molecule has 1 aliphatic carbocycles. The van der Waals surface area contributed by atoms with E-state index in [-0.39, 0.29) is 59.1 Å². The third kappa shape index (κ3) is 5.05. The van der Waals surface area contributed by atoms with Crippen molar-refractivity contribution in [2.75, 3.05) is 24.6 Å². The van der Waals surface area contributed by atoms with Crippen LogP contribution < -0.4 is 21.9 Å². The van der Waals surface area contributed by atoms with Gasteiger partial charge in [-0.25, -0.2) is 14.6 Å². The average Bonchev–Trinajstić information content (AvgIpc) is 3.76. The van der Waals surface area contributed by atoms with E-state index in [2.05, 4.69) is 4.98 Å². The molecule has 2 fully saturated rings. The molecular formula is C27H28ClN7O5. The van der Waals surface area contributed by atoms with Crippen LogP contribution in [-0.4, -0.2) is 56.8 Å². The van der Waals surface area contributed by atoms with E-state index < -0.39 is 23.6 Å². The highest BCUT2D eigenvalue weighted by Gasteiger charge is 2.34. The minimum atomic E-state index is -1.07. The number of nitrogens with zero attached hydrogens (tertiary/aromatic N) is 6.